The Hall–Kier alpha value is -2.70. The van der Waals surface area contributed by atoms with Crippen molar-refractivity contribution < 1.29 is 8.42 Å². The minimum absolute atomic E-state index is 0.231. The van der Waals surface area contributed by atoms with Crippen molar-refractivity contribution in [3.8, 4) is 10.6 Å². The average molecular weight is 366 g/mol. The standard InChI is InChI=1S/C19H14N2O2S2/c22-25(23,14-8-2-1-3-9-14)21-16-11-5-4-10-15(16)19-20-17-12-6-7-13-18(17)24-19/h1-13,21H. The van der Waals surface area contributed by atoms with Gasteiger partial charge < -0.3 is 0 Å². The molecule has 0 aliphatic rings. The highest BCUT2D eigenvalue weighted by Crippen LogP contribution is 2.35. The number of hydrogen-bond acceptors (Lipinski definition) is 4. The van der Waals surface area contributed by atoms with Gasteiger partial charge in [-0.1, -0.05) is 42.5 Å². The Labute approximate surface area is 149 Å². The lowest BCUT2D eigenvalue weighted by molar-refractivity contribution is 0.601. The van der Waals surface area contributed by atoms with Crippen LogP contribution < -0.4 is 4.72 Å². The van der Waals surface area contributed by atoms with E-state index in [1.807, 2.05) is 36.4 Å². The van der Waals surface area contributed by atoms with Crippen LogP contribution in [0.4, 0.5) is 5.69 Å². The van der Waals surface area contributed by atoms with Crippen molar-refractivity contribution in [2.75, 3.05) is 4.72 Å². The van der Waals surface area contributed by atoms with E-state index in [1.165, 1.54) is 0 Å². The number of aromatic nitrogens is 1. The number of nitrogens with one attached hydrogen (secondary N) is 1. The second kappa shape index (κ2) is 6.31. The molecule has 0 aliphatic heterocycles. The van der Waals surface area contributed by atoms with E-state index in [-0.39, 0.29) is 4.90 Å². The molecule has 0 atom stereocenters. The third kappa shape index (κ3) is 3.14. The molecule has 6 heteroatoms. The van der Waals surface area contributed by atoms with Crippen LogP contribution in [0.25, 0.3) is 20.8 Å². The molecule has 1 heterocycles. The highest BCUT2D eigenvalue weighted by molar-refractivity contribution is 7.92. The first kappa shape index (κ1) is 15.8. The number of benzene rings is 3. The molecule has 4 rings (SSSR count). The molecule has 124 valence electrons. The number of anilines is 1. The number of thiazole rings is 1. The molecule has 25 heavy (non-hydrogen) atoms. The van der Waals surface area contributed by atoms with E-state index in [9.17, 15) is 8.42 Å². The lowest BCUT2D eigenvalue weighted by atomic mass is 10.2. The van der Waals surface area contributed by atoms with E-state index < -0.39 is 10.0 Å². The van der Waals surface area contributed by atoms with Gasteiger partial charge in [0, 0.05) is 5.56 Å². The van der Waals surface area contributed by atoms with Gasteiger partial charge in [-0.15, -0.1) is 11.3 Å². The molecular weight excluding hydrogens is 352 g/mol. The number of hydrogen-bond donors (Lipinski definition) is 1. The molecule has 4 nitrogen and oxygen atoms in total. The maximum absolute atomic E-state index is 12.6. The minimum Gasteiger partial charge on any atom is -0.279 e. The molecule has 0 unspecified atom stereocenters. The van der Waals surface area contributed by atoms with Crippen molar-refractivity contribution in [1.82, 2.24) is 4.98 Å². The molecule has 1 N–H and O–H groups in total. The first-order chi connectivity index (χ1) is 12.1. The van der Waals surface area contributed by atoms with Crippen LogP contribution in [0.2, 0.25) is 0 Å². The van der Waals surface area contributed by atoms with E-state index in [2.05, 4.69) is 9.71 Å². The highest BCUT2D eigenvalue weighted by atomic mass is 32.2. The molecule has 0 amide bonds. The summed E-state index contributed by atoms with van der Waals surface area (Å²) in [5.41, 5.74) is 2.19. The first-order valence-corrected chi connectivity index (χ1v) is 9.96. The lowest BCUT2D eigenvalue weighted by Gasteiger charge is -2.11. The molecule has 0 bridgehead atoms. The summed E-state index contributed by atoms with van der Waals surface area (Å²) in [5, 5.41) is 0.785. The van der Waals surface area contributed by atoms with Gasteiger partial charge >= 0.3 is 0 Å². The summed E-state index contributed by atoms with van der Waals surface area (Å²) < 4.78 is 29.0. The van der Waals surface area contributed by atoms with Gasteiger partial charge in [-0.2, -0.15) is 0 Å². The minimum atomic E-state index is -3.65. The van der Waals surface area contributed by atoms with E-state index in [0.717, 1.165) is 20.8 Å². The van der Waals surface area contributed by atoms with Crippen LogP contribution in [0, 0.1) is 0 Å². The summed E-state index contributed by atoms with van der Waals surface area (Å²) in [6.07, 6.45) is 0. The van der Waals surface area contributed by atoms with Gasteiger partial charge in [-0.05, 0) is 36.4 Å². The van der Waals surface area contributed by atoms with Gasteiger partial charge in [0.2, 0.25) is 0 Å². The van der Waals surface area contributed by atoms with Crippen molar-refractivity contribution in [1.29, 1.82) is 0 Å². The SMILES string of the molecule is O=S(=O)(Nc1ccccc1-c1nc2ccccc2s1)c1ccccc1. The Morgan fingerprint density at radius 2 is 1.48 bits per heavy atom. The summed E-state index contributed by atoms with van der Waals surface area (Å²) in [6.45, 7) is 0. The van der Waals surface area contributed by atoms with Crippen LogP contribution in [-0.2, 0) is 10.0 Å². The smallest absolute Gasteiger partial charge is 0.261 e. The Kier molecular flexibility index (Phi) is 3.99. The lowest BCUT2D eigenvalue weighted by Crippen LogP contribution is -2.13. The van der Waals surface area contributed by atoms with Crippen LogP contribution in [0.1, 0.15) is 0 Å². The molecule has 0 saturated carbocycles. The van der Waals surface area contributed by atoms with Gasteiger partial charge in [0.15, 0.2) is 0 Å². The number of para-hydroxylation sites is 2. The Bertz CT molecular complexity index is 1100. The van der Waals surface area contributed by atoms with Crippen LogP contribution in [0.15, 0.2) is 83.8 Å². The zero-order valence-electron chi connectivity index (χ0n) is 13.1. The molecule has 0 radical (unpaired) electrons. The molecule has 1 aromatic heterocycles. The topological polar surface area (TPSA) is 59.1 Å². The maximum Gasteiger partial charge on any atom is 0.261 e. The van der Waals surface area contributed by atoms with Crippen LogP contribution in [-0.4, -0.2) is 13.4 Å². The summed E-state index contributed by atoms with van der Waals surface area (Å²) in [6, 6.07) is 23.5. The largest absolute Gasteiger partial charge is 0.279 e. The van der Waals surface area contributed by atoms with Gasteiger partial charge in [-0.25, -0.2) is 13.4 Å². The number of fused-ring (bicyclic) bond motifs is 1. The van der Waals surface area contributed by atoms with Gasteiger partial charge in [0.25, 0.3) is 10.0 Å². The number of sulfonamides is 1. The molecule has 0 spiro atoms. The zero-order valence-corrected chi connectivity index (χ0v) is 14.7. The normalized spacial score (nSPS) is 11.5. The molecule has 0 fully saturated rings. The highest BCUT2D eigenvalue weighted by Gasteiger charge is 2.17. The molecule has 4 aromatic rings. The summed E-state index contributed by atoms with van der Waals surface area (Å²) in [4.78, 5) is 4.86. The Morgan fingerprint density at radius 1 is 0.800 bits per heavy atom. The van der Waals surface area contributed by atoms with Gasteiger partial charge in [0.1, 0.15) is 5.01 Å². The quantitative estimate of drug-likeness (QED) is 0.566. The third-order valence-corrected chi connectivity index (χ3v) is 6.20. The fraction of sp³-hybridized carbons (Fsp3) is 0. The van der Waals surface area contributed by atoms with Crippen molar-refractivity contribution in [3.63, 3.8) is 0 Å². The first-order valence-electron chi connectivity index (χ1n) is 7.66. The average Bonchev–Trinajstić information content (AvgIpc) is 3.06. The zero-order chi connectivity index (χ0) is 17.3. The van der Waals surface area contributed by atoms with Crippen LogP contribution >= 0.6 is 11.3 Å². The number of rotatable bonds is 4. The van der Waals surface area contributed by atoms with E-state index in [4.69, 9.17) is 0 Å². The Balaban J connectivity index is 1.77. The predicted octanol–water partition coefficient (Wildman–Crippen LogP) is 4.76. The third-order valence-electron chi connectivity index (χ3n) is 3.75. The molecule has 0 aliphatic carbocycles. The second-order valence-electron chi connectivity index (χ2n) is 5.45. The van der Waals surface area contributed by atoms with Crippen molar-refractivity contribution in [3.05, 3.63) is 78.9 Å². The van der Waals surface area contributed by atoms with Crippen molar-refractivity contribution in [2.24, 2.45) is 0 Å². The van der Waals surface area contributed by atoms with Crippen molar-refractivity contribution in [2.45, 2.75) is 4.90 Å². The van der Waals surface area contributed by atoms with Crippen molar-refractivity contribution >= 4 is 37.3 Å². The summed E-state index contributed by atoms with van der Waals surface area (Å²) >= 11 is 1.54. The van der Waals surface area contributed by atoms with Crippen LogP contribution in [0.5, 0.6) is 0 Å². The van der Waals surface area contributed by atoms with E-state index in [1.54, 1.807) is 53.8 Å². The van der Waals surface area contributed by atoms with Gasteiger partial charge in [0.05, 0.1) is 20.8 Å². The van der Waals surface area contributed by atoms with E-state index in [0.29, 0.717) is 5.69 Å². The van der Waals surface area contributed by atoms with Crippen LogP contribution in [0.3, 0.4) is 0 Å². The molecule has 3 aromatic carbocycles. The monoisotopic (exact) mass is 366 g/mol. The second-order valence-corrected chi connectivity index (χ2v) is 8.16. The Morgan fingerprint density at radius 3 is 2.28 bits per heavy atom. The fourth-order valence-electron chi connectivity index (χ4n) is 2.55. The molecular formula is C19H14N2O2S2. The predicted molar refractivity (Wildman–Crippen MR) is 102 cm³/mol. The summed E-state index contributed by atoms with van der Waals surface area (Å²) in [7, 11) is -3.65. The van der Waals surface area contributed by atoms with Gasteiger partial charge in [-0.3, -0.25) is 4.72 Å². The maximum atomic E-state index is 12.6. The summed E-state index contributed by atoms with van der Waals surface area (Å²) in [5.74, 6) is 0. The molecule has 0 saturated heterocycles. The number of nitrogens with zero attached hydrogens (tertiary/aromatic N) is 1. The fourth-order valence-corrected chi connectivity index (χ4v) is 4.66. The van der Waals surface area contributed by atoms with E-state index >= 15 is 0 Å².